The Morgan fingerprint density at radius 1 is 0.350 bits per heavy atom. The summed E-state index contributed by atoms with van der Waals surface area (Å²) in [5, 5.41) is 0. The van der Waals surface area contributed by atoms with Crippen molar-refractivity contribution in [3.05, 3.63) is 146 Å². The van der Waals surface area contributed by atoms with E-state index < -0.39 is 6.10 Å². The fourth-order valence-electron chi connectivity index (χ4n) is 5.38. The molecule has 0 aromatic rings. The maximum absolute atomic E-state index is 12.7. The van der Waals surface area contributed by atoms with Crippen LogP contribution in [0.1, 0.15) is 156 Å². The minimum absolute atomic E-state index is 0.130. The van der Waals surface area contributed by atoms with Crippen LogP contribution in [0.4, 0.5) is 0 Å². The standard InChI is InChI=1S/C54H80O6/c1-4-7-10-13-16-19-21-23-25-27-29-30-32-35-38-41-44-47-53(56)59-50-51(49-58-52(55)46-43-40-37-34-18-15-12-9-6-3)60-54(57)48-45-42-39-36-33-31-28-26-24-22-20-17-14-11-8-5-2/h7-13,16-21,23-27,29-34,51H,4-6,14-15,22,28,35-50H2,1-3H3/b10-7-,11-8-,12-9-,16-13-,20-17-,21-19-,25-23-,26-24-,29-27+,32-30-,33-31-,34-18-. The summed E-state index contributed by atoms with van der Waals surface area (Å²) >= 11 is 0. The lowest BCUT2D eigenvalue weighted by molar-refractivity contribution is -0.167. The third-order valence-electron chi connectivity index (χ3n) is 8.73. The van der Waals surface area contributed by atoms with E-state index in [0.29, 0.717) is 25.7 Å². The molecule has 0 spiro atoms. The predicted molar refractivity (Wildman–Crippen MR) is 255 cm³/mol. The molecule has 1 atom stereocenters. The summed E-state index contributed by atoms with van der Waals surface area (Å²) in [6.07, 6.45) is 66.9. The lowest BCUT2D eigenvalue weighted by Crippen LogP contribution is -2.30. The van der Waals surface area contributed by atoms with Gasteiger partial charge in [0.25, 0.3) is 0 Å². The third kappa shape index (κ3) is 44.4. The van der Waals surface area contributed by atoms with Crippen molar-refractivity contribution in [3.8, 4) is 0 Å². The Balaban J connectivity index is 4.58. The molecule has 0 rings (SSSR count). The zero-order valence-corrected chi connectivity index (χ0v) is 37.6. The van der Waals surface area contributed by atoms with E-state index in [1.807, 2.05) is 60.8 Å². The molecule has 0 aromatic heterocycles. The molecular weight excluding hydrogens is 745 g/mol. The molecule has 6 heteroatoms. The van der Waals surface area contributed by atoms with Crippen molar-refractivity contribution < 1.29 is 28.6 Å². The van der Waals surface area contributed by atoms with Crippen LogP contribution in [0.15, 0.2) is 146 Å². The van der Waals surface area contributed by atoms with Crippen LogP contribution in [0.5, 0.6) is 0 Å². The first-order valence-electron chi connectivity index (χ1n) is 22.9. The van der Waals surface area contributed by atoms with Gasteiger partial charge in [-0.05, 0) is 103 Å². The number of rotatable bonds is 38. The number of hydrogen-bond acceptors (Lipinski definition) is 6. The second-order valence-corrected chi connectivity index (χ2v) is 14.3. The van der Waals surface area contributed by atoms with E-state index in [-0.39, 0.29) is 44.0 Å². The summed E-state index contributed by atoms with van der Waals surface area (Å²) < 4.78 is 16.6. The average Bonchev–Trinajstić information content (AvgIpc) is 3.24. The summed E-state index contributed by atoms with van der Waals surface area (Å²) in [5.41, 5.74) is 0. The molecule has 0 saturated carbocycles. The molecule has 0 aliphatic carbocycles. The Kier molecular flexibility index (Phi) is 43.3. The molecule has 0 aliphatic heterocycles. The molecule has 0 aromatic carbocycles. The SMILES string of the molecule is CC\C=C/C=C\C=C/C=C\C=C\C=C/CCCCCC(=O)OCC(COC(=O)CCCC/C=C\C/C=C\CC)OC(=O)CCCCC/C=C\C/C=C\C/C=C\C/C=C\CC. The van der Waals surface area contributed by atoms with Crippen molar-refractivity contribution in [3.63, 3.8) is 0 Å². The van der Waals surface area contributed by atoms with Gasteiger partial charge in [-0.2, -0.15) is 0 Å². The second-order valence-electron chi connectivity index (χ2n) is 14.3. The number of carbonyl (C=O) groups excluding carboxylic acids is 3. The van der Waals surface area contributed by atoms with Crippen LogP contribution in [0, 0.1) is 0 Å². The molecule has 0 bridgehead atoms. The first kappa shape index (κ1) is 55.3. The van der Waals surface area contributed by atoms with Crippen molar-refractivity contribution in [1.82, 2.24) is 0 Å². The quantitative estimate of drug-likeness (QED) is 0.0203. The second kappa shape index (κ2) is 47.0. The van der Waals surface area contributed by atoms with E-state index in [1.54, 1.807) is 0 Å². The molecule has 0 radical (unpaired) electrons. The molecule has 0 amide bonds. The number of hydrogen-bond donors (Lipinski definition) is 0. The molecule has 0 saturated heterocycles. The van der Waals surface area contributed by atoms with Crippen molar-refractivity contribution in [2.24, 2.45) is 0 Å². The molecule has 332 valence electrons. The van der Waals surface area contributed by atoms with E-state index in [2.05, 4.69) is 106 Å². The molecule has 0 fully saturated rings. The highest BCUT2D eigenvalue weighted by molar-refractivity contribution is 5.71. The van der Waals surface area contributed by atoms with E-state index in [9.17, 15) is 14.4 Å². The van der Waals surface area contributed by atoms with Crippen LogP contribution in [0.2, 0.25) is 0 Å². The summed E-state index contributed by atoms with van der Waals surface area (Å²) in [5.74, 6) is -1.06. The van der Waals surface area contributed by atoms with Gasteiger partial charge < -0.3 is 14.2 Å². The molecule has 0 N–H and O–H groups in total. The Labute approximate surface area is 366 Å². The summed E-state index contributed by atoms with van der Waals surface area (Å²) in [6.45, 7) is 6.11. The molecule has 0 heterocycles. The van der Waals surface area contributed by atoms with Gasteiger partial charge >= 0.3 is 17.9 Å². The van der Waals surface area contributed by atoms with Crippen LogP contribution in [0.25, 0.3) is 0 Å². The predicted octanol–water partition coefficient (Wildman–Crippen LogP) is 14.9. The van der Waals surface area contributed by atoms with E-state index in [0.717, 1.165) is 96.3 Å². The fraction of sp³-hybridized carbons (Fsp3) is 0.500. The van der Waals surface area contributed by atoms with Gasteiger partial charge in [0, 0.05) is 19.3 Å². The third-order valence-corrected chi connectivity index (χ3v) is 8.73. The number of allylic oxidation sites excluding steroid dienone is 24. The van der Waals surface area contributed by atoms with Gasteiger partial charge in [0.1, 0.15) is 13.2 Å². The first-order chi connectivity index (χ1) is 29.5. The minimum Gasteiger partial charge on any atom is -0.462 e. The number of unbranched alkanes of at least 4 members (excludes halogenated alkanes) is 8. The highest BCUT2D eigenvalue weighted by Crippen LogP contribution is 2.10. The van der Waals surface area contributed by atoms with Gasteiger partial charge in [0.2, 0.25) is 0 Å². The Morgan fingerprint density at radius 2 is 0.683 bits per heavy atom. The lowest BCUT2D eigenvalue weighted by atomic mass is 10.1. The Hall–Kier alpha value is -4.71. The Morgan fingerprint density at radius 3 is 1.13 bits per heavy atom. The number of carbonyl (C=O) groups is 3. The zero-order valence-electron chi connectivity index (χ0n) is 37.6. The largest absolute Gasteiger partial charge is 0.462 e. The van der Waals surface area contributed by atoms with E-state index in [4.69, 9.17) is 14.2 Å². The molecule has 60 heavy (non-hydrogen) atoms. The lowest BCUT2D eigenvalue weighted by Gasteiger charge is -2.18. The normalized spacial score (nSPS) is 13.4. The molecular formula is C54H80O6. The van der Waals surface area contributed by atoms with Crippen molar-refractivity contribution in [1.29, 1.82) is 0 Å². The van der Waals surface area contributed by atoms with Gasteiger partial charge in [-0.25, -0.2) is 0 Å². The number of ether oxygens (including phenoxy) is 3. The van der Waals surface area contributed by atoms with E-state index in [1.165, 1.54) is 0 Å². The zero-order chi connectivity index (χ0) is 43.7. The fourth-order valence-corrected chi connectivity index (χ4v) is 5.38. The maximum atomic E-state index is 12.7. The monoisotopic (exact) mass is 825 g/mol. The average molecular weight is 825 g/mol. The van der Waals surface area contributed by atoms with Crippen molar-refractivity contribution in [2.75, 3.05) is 13.2 Å². The summed E-state index contributed by atoms with van der Waals surface area (Å²) in [6, 6.07) is 0. The van der Waals surface area contributed by atoms with Crippen LogP contribution < -0.4 is 0 Å². The highest BCUT2D eigenvalue weighted by atomic mass is 16.6. The van der Waals surface area contributed by atoms with Gasteiger partial charge in [0.05, 0.1) is 0 Å². The van der Waals surface area contributed by atoms with Gasteiger partial charge in [-0.1, -0.05) is 179 Å². The van der Waals surface area contributed by atoms with Crippen LogP contribution in [0.3, 0.4) is 0 Å². The molecule has 0 aliphatic rings. The van der Waals surface area contributed by atoms with Crippen LogP contribution in [-0.4, -0.2) is 37.2 Å². The van der Waals surface area contributed by atoms with Crippen LogP contribution in [-0.2, 0) is 28.6 Å². The summed E-state index contributed by atoms with van der Waals surface area (Å²) in [4.78, 5) is 37.7. The van der Waals surface area contributed by atoms with Crippen molar-refractivity contribution >= 4 is 17.9 Å². The van der Waals surface area contributed by atoms with Crippen molar-refractivity contribution in [2.45, 2.75) is 162 Å². The van der Waals surface area contributed by atoms with Crippen LogP contribution >= 0.6 is 0 Å². The topological polar surface area (TPSA) is 78.9 Å². The highest BCUT2D eigenvalue weighted by Gasteiger charge is 2.19. The van der Waals surface area contributed by atoms with Gasteiger partial charge in [-0.3, -0.25) is 14.4 Å². The smallest absolute Gasteiger partial charge is 0.306 e. The molecule has 1 unspecified atom stereocenters. The van der Waals surface area contributed by atoms with Gasteiger partial charge in [0.15, 0.2) is 6.10 Å². The molecule has 6 nitrogen and oxygen atoms in total. The first-order valence-corrected chi connectivity index (χ1v) is 22.9. The number of esters is 3. The maximum Gasteiger partial charge on any atom is 0.306 e. The Bertz CT molecular complexity index is 1410. The van der Waals surface area contributed by atoms with E-state index >= 15 is 0 Å². The minimum atomic E-state index is -0.831. The summed E-state index contributed by atoms with van der Waals surface area (Å²) in [7, 11) is 0. The van der Waals surface area contributed by atoms with Gasteiger partial charge in [-0.15, -0.1) is 0 Å².